The first-order valence-corrected chi connectivity index (χ1v) is 9.55. The van der Waals surface area contributed by atoms with Gasteiger partial charge in [-0.1, -0.05) is 50.2 Å². The van der Waals surface area contributed by atoms with Gasteiger partial charge in [-0.2, -0.15) is 5.10 Å². The molecule has 0 unspecified atom stereocenters. The normalized spacial score (nSPS) is 11.3. The van der Waals surface area contributed by atoms with Gasteiger partial charge in [0, 0.05) is 25.9 Å². The molecule has 2 rings (SSSR count). The largest absolute Gasteiger partial charge is 0.343 e. The lowest BCUT2D eigenvalue weighted by atomic mass is 10.1. The lowest BCUT2D eigenvalue weighted by molar-refractivity contribution is -0.131. The molecule has 0 atom stereocenters. The number of halogens is 1. The van der Waals surface area contributed by atoms with Gasteiger partial charge >= 0.3 is 0 Å². The molecular formula is C22H28FN3O. The molecule has 144 valence electrons. The van der Waals surface area contributed by atoms with Crippen LogP contribution < -0.4 is 5.43 Å². The first-order chi connectivity index (χ1) is 13.1. The van der Waals surface area contributed by atoms with Crippen LogP contribution in [0.3, 0.4) is 0 Å². The summed E-state index contributed by atoms with van der Waals surface area (Å²) < 4.78 is 13.4. The lowest BCUT2D eigenvalue weighted by Crippen LogP contribution is -2.32. The summed E-state index contributed by atoms with van der Waals surface area (Å²) in [5.41, 5.74) is 5.22. The summed E-state index contributed by atoms with van der Waals surface area (Å²) in [7, 11) is 0. The first kappa shape index (κ1) is 20.6. The number of anilines is 1. The van der Waals surface area contributed by atoms with E-state index in [0.717, 1.165) is 37.2 Å². The second-order valence-corrected chi connectivity index (χ2v) is 6.43. The van der Waals surface area contributed by atoms with Crippen molar-refractivity contribution in [2.24, 2.45) is 5.10 Å². The van der Waals surface area contributed by atoms with Crippen LogP contribution in [0.5, 0.6) is 0 Å². The smallest absolute Gasteiger partial charge is 0.222 e. The Morgan fingerprint density at radius 2 is 1.70 bits per heavy atom. The molecule has 0 saturated carbocycles. The van der Waals surface area contributed by atoms with E-state index in [9.17, 15) is 9.18 Å². The Bertz CT molecular complexity index is 740. The summed E-state index contributed by atoms with van der Waals surface area (Å²) in [4.78, 5) is 14.5. The van der Waals surface area contributed by atoms with Crippen LogP contribution in [-0.2, 0) is 4.79 Å². The van der Waals surface area contributed by atoms with E-state index in [1.807, 2.05) is 35.2 Å². The molecule has 0 saturated heterocycles. The maximum Gasteiger partial charge on any atom is 0.222 e. The van der Waals surface area contributed by atoms with E-state index in [4.69, 9.17) is 0 Å². The van der Waals surface area contributed by atoms with Gasteiger partial charge in [-0.15, -0.1) is 0 Å². The van der Waals surface area contributed by atoms with E-state index in [-0.39, 0.29) is 11.7 Å². The van der Waals surface area contributed by atoms with Gasteiger partial charge in [-0.3, -0.25) is 10.2 Å². The fourth-order valence-electron chi connectivity index (χ4n) is 2.87. The molecule has 4 nitrogen and oxygen atoms in total. The van der Waals surface area contributed by atoms with E-state index in [0.29, 0.717) is 18.5 Å². The minimum Gasteiger partial charge on any atom is -0.343 e. The quantitative estimate of drug-likeness (QED) is 0.469. The van der Waals surface area contributed by atoms with Gasteiger partial charge in [-0.25, -0.2) is 4.39 Å². The van der Waals surface area contributed by atoms with Gasteiger partial charge in [0.2, 0.25) is 5.91 Å². The van der Waals surface area contributed by atoms with E-state index in [1.165, 1.54) is 12.1 Å². The molecular weight excluding hydrogens is 341 g/mol. The number of rotatable bonds is 10. The Morgan fingerprint density at radius 1 is 1.00 bits per heavy atom. The Kier molecular flexibility index (Phi) is 8.49. The number of hydrazone groups is 1. The van der Waals surface area contributed by atoms with Crippen LogP contribution in [0.4, 0.5) is 10.1 Å². The highest BCUT2D eigenvalue weighted by molar-refractivity contribution is 6.02. The average Bonchev–Trinajstić information content (AvgIpc) is 2.68. The number of nitrogens with one attached hydrogen (secondary N) is 1. The summed E-state index contributed by atoms with van der Waals surface area (Å²) in [5.74, 6) is -0.172. The third kappa shape index (κ3) is 6.85. The number of amides is 1. The number of nitrogens with zero attached hydrogens (tertiary/aromatic N) is 2. The maximum atomic E-state index is 13.4. The van der Waals surface area contributed by atoms with Crippen molar-refractivity contribution in [3.05, 3.63) is 66.0 Å². The van der Waals surface area contributed by atoms with Crippen LogP contribution in [0.2, 0.25) is 0 Å². The fraction of sp³-hybridized carbons (Fsp3) is 0.364. The third-order valence-corrected chi connectivity index (χ3v) is 4.17. The lowest BCUT2D eigenvalue weighted by Gasteiger charge is -2.21. The molecule has 27 heavy (non-hydrogen) atoms. The molecule has 0 fully saturated rings. The number of carbonyl (C=O) groups excluding carboxylic acids is 1. The third-order valence-electron chi connectivity index (χ3n) is 4.17. The topological polar surface area (TPSA) is 44.7 Å². The van der Waals surface area contributed by atoms with E-state index < -0.39 is 0 Å². The molecule has 0 spiro atoms. The molecule has 0 aromatic heterocycles. The van der Waals surface area contributed by atoms with Crippen molar-refractivity contribution >= 4 is 17.3 Å². The van der Waals surface area contributed by atoms with Crippen LogP contribution >= 0.6 is 0 Å². The van der Waals surface area contributed by atoms with Crippen molar-refractivity contribution in [2.75, 3.05) is 18.5 Å². The van der Waals surface area contributed by atoms with Gasteiger partial charge < -0.3 is 4.90 Å². The molecule has 2 aromatic rings. The highest BCUT2D eigenvalue weighted by atomic mass is 19.1. The predicted octanol–water partition coefficient (Wildman–Crippen LogP) is 5.07. The zero-order valence-corrected chi connectivity index (χ0v) is 16.1. The Balaban J connectivity index is 2.11. The van der Waals surface area contributed by atoms with E-state index in [2.05, 4.69) is 24.4 Å². The minimum atomic E-state index is -0.318. The molecule has 0 aliphatic carbocycles. The summed E-state index contributed by atoms with van der Waals surface area (Å²) in [6.45, 7) is 5.73. The Morgan fingerprint density at radius 3 is 2.33 bits per heavy atom. The van der Waals surface area contributed by atoms with Crippen LogP contribution in [0.15, 0.2) is 59.7 Å². The summed E-state index contributed by atoms with van der Waals surface area (Å²) in [6.07, 6.45) is 2.83. The van der Waals surface area contributed by atoms with Crippen molar-refractivity contribution in [1.82, 2.24) is 4.90 Å². The SMILES string of the molecule is CCCN(CCC)C(=O)CC/C(=N/Nc1cccc(F)c1)c1ccccc1. The second kappa shape index (κ2) is 11.1. The van der Waals surface area contributed by atoms with Crippen molar-refractivity contribution in [2.45, 2.75) is 39.5 Å². The summed E-state index contributed by atoms with van der Waals surface area (Å²) in [6, 6.07) is 15.9. The number of carbonyl (C=O) groups is 1. The molecule has 5 heteroatoms. The summed E-state index contributed by atoms with van der Waals surface area (Å²) >= 11 is 0. The van der Waals surface area contributed by atoms with Gasteiger partial charge in [0.25, 0.3) is 0 Å². The van der Waals surface area contributed by atoms with Crippen molar-refractivity contribution < 1.29 is 9.18 Å². The molecule has 0 bridgehead atoms. The molecule has 1 N–H and O–H groups in total. The molecule has 2 aromatic carbocycles. The zero-order chi connectivity index (χ0) is 19.5. The van der Waals surface area contributed by atoms with Crippen LogP contribution in [0.1, 0.15) is 45.1 Å². The highest BCUT2D eigenvalue weighted by Crippen LogP contribution is 2.13. The summed E-state index contributed by atoms with van der Waals surface area (Å²) in [5, 5.41) is 4.46. The maximum absolute atomic E-state index is 13.4. The number of benzene rings is 2. The van der Waals surface area contributed by atoms with Crippen LogP contribution in [0.25, 0.3) is 0 Å². The van der Waals surface area contributed by atoms with Gasteiger partial charge in [-0.05, 0) is 36.6 Å². The molecule has 0 aliphatic rings. The average molecular weight is 369 g/mol. The van der Waals surface area contributed by atoms with Crippen molar-refractivity contribution in [3.8, 4) is 0 Å². The van der Waals surface area contributed by atoms with Crippen LogP contribution in [0, 0.1) is 5.82 Å². The van der Waals surface area contributed by atoms with E-state index in [1.54, 1.807) is 12.1 Å². The standard InChI is InChI=1S/C22H28FN3O/c1-3-15-26(16-4-2)22(27)14-13-21(18-9-6-5-7-10-18)25-24-20-12-8-11-19(23)17-20/h5-12,17,24H,3-4,13-16H2,1-2H3/b25-21-. The second-order valence-electron chi connectivity index (χ2n) is 6.43. The number of hydrogen-bond acceptors (Lipinski definition) is 3. The first-order valence-electron chi connectivity index (χ1n) is 9.55. The van der Waals surface area contributed by atoms with Gasteiger partial charge in [0.05, 0.1) is 11.4 Å². The fourth-order valence-corrected chi connectivity index (χ4v) is 2.87. The van der Waals surface area contributed by atoms with E-state index >= 15 is 0 Å². The van der Waals surface area contributed by atoms with Gasteiger partial charge in [0.1, 0.15) is 5.82 Å². The Labute approximate surface area is 161 Å². The Hall–Kier alpha value is -2.69. The highest BCUT2D eigenvalue weighted by Gasteiger charge is 2.14. The minimum absolute atomic E-state index is 0.146. The zero-order valence-electron chi connectivity index (χ0n) is 16.1. The number of hydrogen-bond donors (Lipinski definition) is 1. The van der Waals surface area contributed by atoms with Crippen LogP contribution in [-0.4, -0.2) is 29.6 Å². The van der Waals surface area contributed by atoms with Gasteiger partial charge in [0.15, 0.2) is 0 Å². The van der Waals surface area contributed by atoms with Crippen molar-refractivity contribution in [1.29, 1.82) is 0 Å². The molecule has 0 aliphatic heterocycles. The molecule has 0 radical (unpaired) electrons. The monoisotopic (exact) mass is 369 g/mol. The molecule has 1 amide bonds. The van der Waals surface area contributed by atoms with Crippen molar-refractivity contribution in [3.63, 3.8) is 0 Å². The molecule has 0 heterocycles. The predicted molar refractivity (Wildman–Crippen MR) is 109 cm³/mol.